The largest absolute Gasteiger partial charge is 0.456 e. The van der Waals surface area contributed by atoms with Crippen molar-refractivity contribution in [3.63, 3.8) is 0 Å². The van der Waals surface area contributed by atoms with Gasteiger partial charge in [0.1, 0.15) is 6.61 Å². The number of thiophene rings is 1. The van der Waals surface area contributed by atoms with Gasteiger partial charge in [-0.05, 0) is 17.5 Å². The number of carbonyl (C=O) groups excluding carboxylic acids is 1. The number of halogens is 1. The van der Waals surface area contributed by atoms with E-state index >= 15 is 0 Å². The van der Waals surface area contributed by atoms with Crippen molar-refractivity contribution in [1.29, 1.82) is 0 Å². The molecule has 5 heteroatoms. The van der Waals surface area contributed by atoms with E-state index in [4.69, 9.17) is 4.74 Å². The normalized spacial score (nSPS) is 10.1. The van der Waals surface area contributed by atoms with Gasteiger partial charge in [0, 0.05) is 11.1 Å². The van der Waals surface area contributed by atoms with E-state index in [1.807, 2.05) is 17.5 Å². The molecule has 0 fully saturated rings. The molecule has 0 aromatic carbocycles. The van der Waals surface area contributed by atoms with Crippen LogP contribution in [0.3, 0.4) is 0 Å². The Balaban J connectivity index is 2.01. The van der Waals surface area contributed by atoms with Crippen molar-refractivity contribution >= 4 is 17.3 Å². The molecule has 0 spiro atoms. The van der Waals surface area contributed by atoms with Crippen molar-refractivity contribution in [3.8, 4) is 0 Å². The lowest BCUT2D eigenvalue weighted by molar-refractivity contribution is 0.0471. The average molecular weight is 237 g/mol. The third kappa shape index (κ3) is 2.43. The number of pyridine rings is 1. The van der Waals surface area contributed by atoms with Crippen LogP contribution < -0.4 is 0 Å². The van der Waals surface area contributed by atoms with E-state index in [-0.39, 0.29) is 12.2 Å². The summed E-state index contributed by atoms with van der Waals surface area (Å²) in [7, 11) is 0. The number of hydrogen-bond donors (Lipinski definition) is 0. The molecule has 82 valence electrons. The first kappa shape index (κ1) is 10.8. The fraction of sp³-hybridized carbons (Fsp3) is 0.0909. The van der Waals surface area contributed by atoms with Crippen LogP contribution in [0.4, 0.5) is 4.39 Å². The lowest BCUT2D eigenvalue weighted by Crippen LogP contribution is -2.07. The van der Waals surface area contributed by atoms with Crippen LogP contribution in [0.2, 0.25) is 0 Å². The summed E-state index contributed by atoms with van der Waals surface area (Å²) < 4.78 is 18.1. The molecule has 0 unspecified atom stereocenters. The van der Waals surface area contributed by atoms with Crippen molar-refractivity contribution < 1.29 is 13.9 Å². The summed E-state index contributed by atoms with van der Waals surface area (Å²) in [5.74, 6) is -1.34. The van der Waals surface area contributed by atoms with Crippen LogP contribution in [-0.2, 0) is 11.3 Å². The van der Waals surface area contributed by atoms with E-state index < -0.39 is 11.8 Å². The maximum absolute atomic E-state index is 13.1. The standard InChI is InChI=1S/C11H8FNO2S/c12-10-6-13-4-3-9(10)11(14)15-7-8-2-1-5-16-8/h1-6H,7H2. The van der Waals surface area contributed by atoms with Gasteiger partial charge in [-0.25, -0.2) is 9.18 Å². The highest BCUT2D eigenvalue weighted by Crippen LogP contribution is 2.12. The first-order chi connectivity index (χ1) is 7.77. The zero-order valence-electron chi connectivity index (χ0n) is 8.22. The van der Waals surface area contributed by atoms with Crippen LogP contribution in [0.15, 0.2) is 36.0 Å². The van der Waals surface area contributed by atoms with Gasteiger partial charge in [-0.1, -0.05) is 6.07 Å². The predicted octanol–water partition coefficient (Wildman–Crippen LogP) is 2.64. The molecule has 0 aliphatic rings. The molecule has 0 radical (unpaired) electrons. The first-order valence-electron chi connectivity index (χ1n) is 4.56. The van der Waals surface area contributed by atoms with Crippen LogP contribution in [-0.4, -0.2) is 11.0 Å². The van der Waals surface area contributed by atoms with Crippen LogP contribution in [0.1, 0.15) is 15.2 Å². The summed E-state index contributed by atoms with van der Waals surface area (Å²) in [4.78, 5) is 16.0. The van der Waals surface area contributed by atoms with Crippen molar-refractivity contribution in [2.24, 2.45) is 0 Å². The van der Waals surface area contributed by atoms with E-state index in [0.29, 0.717) is 0 Å². The fourth-order valence-electron chi connectivity index (χ4n) is 1.15. The Kier molecular flexibility index (Phi) is 3.26. The van der Waals surface area contributed by atoms with Crippen LogP contribution >= 0.6 is 11.3 Å². The van der Waals surface area contributed by atoms with Crippen molar-refractivity contribution in [2.75, 3.05) is 0 Å². The molecule has 2 aromatic heterocycles. The SMILES string of the molecule is O=C(OCc1cccs1)c1ccncc1F. The molecule has 3 nitrogen and oxygen atoms in total. The van der Waals surface area contributed by atoms with E-state index in [2.05, 4.69) is 4.98 Å². The molecule has 0 saturated carbocycles. The Morgan fingerprint density at radius 1 is 1.50 bits per heavy atom. The third-order valence-electron chi connectivity index (χ3n) is 1.92. The van der Waals surface area contributed by atoms with Gasteiger partial charge in [0.2, 0.25) is 0 Å². The fourth-order valence-corrected chi connectivity index (χ4v) is 1.77. The summed E-state index contributed by atoms with van der Waals surface area (Å²) in [6, 6.07) is 5.01. The summed E-state index contributed by atoms with van der Waals surface area (Å²) in [6.07, 6.45) is 2.34. The van der Waals surface area contributed by atoms with Crippen LogP contribution in [0.25, 0.3) is 0 Å². The number of aromatic nitrogens is 1. The molecule has 2 rings (SSSR count). The number of ether oxygens (including phenoxy) is 1. The molecule has 0 amide bonds. The molecular weight excluding hydrogens is 229 g/mol. The van der Waals surface area contributed by atoms with Gasteiger partial charge >= 0.3 is 5.97 Å². The average Bonchev–Trinajstić information content (AvgIpc) is 2.79. The van der Waals surface area contributed by atoms with E-state index in [9.17, 15) is 9.18 Å². The number of carbonyl (C=O) groups is 1. The highest BCUT2D eigenvalue weighted by molar-refractivity contribution is 7.09. The third-order valence-corrected chi connectivity index (χ3v) is 2.77. The minimum Gasteiger partial charge on any atom is -0.456 e. The molecule has 16 heavy (non-hydrogen) atoms. The van der Waals surface area contributed by atoms with Gasteiger partial charge in [-0.15, -0.1) is 11.3 Å². The zero-order valence-corrected chi connectivity index (χ0v) is 9.04. The minimum absolute atomic E-state index is 0.0912. The van der Waals surface area contributed by atoms with Crippen LogP contribution in [0.5, 0.6) is 0 Å². The molecule has 0 aliphatic carbocycles. The number of hydrogen-bond acceptors (Lipinski definition) is 4. The second kappa shape index (κ2) is 4.85. The molecule has 2 aromatic rings. The second-order valence-electron chi connectivity index (χ2n) is 3.01. The Morgan fingerprint density at radius 2 is 2.38 bits per heavy atom. The number of esters is 1. The molecule has 0 aliphatic heterocycles. The van der Waals surface area contributed by atoms with E-state index in [1.54, 1.807) is 0 Å². The minimum atomic E-state index is -0.673. The summed E-state index contributed by atoms with van der Waals surface area (Å²) >= 11 is 1.48. The van der Waals surface area contributed by atoms with Gasteiger partial charge in [0.05, 0.1) is 11.8 Å². The quantitative estimate of drug-likeness (QED) is 0.770. The maximum Gasteiger partial charge on any atom is 0.341 e. The van der Waals surface area contributed by atoms with Gasteiger partial charge < -0.3 is 4.74 Å². The topological polar surface area (TPSA) is 39.2 Å². The molecular formula is C11H8FNO2S. The maximum atomic E-state index is 13.1. The summed E-state index contributed by atoms with van der Waals surface area (Å²) in [5.41, 5.74) is -0.0912. The first-order valence-corrected chi connectivity index (χ1v) is 5.44. The monoisotopic (exact) mass is 237 g/mol. The summed E-state index contributed by atoms with van der Waals surface area (Å²) in [6.45, 7) is 0.165. The van der Waals surface area contributed by atoms with Gasteiger partial charge in [0.25, 0.3) is 0 Å². The molecule has 0 bridgehead atoms. The van der Waals surface area contributed by atoms with Crippen LogP contribution in [0, 0.1) is 5.82 Å². The summed E-state index contributed by atoms with van der Waals surface area (Å²) in [5, 5.41) is 1.89. The molecule has 0 atom stereocenters. The lowest BCUT2D eigenvalue weighted by atomic mass is 10.2. The van der Waals surface area contributed by atoms with E-state index in [0.717, 1.165) is 11.1 Å². The number of rotatable bonds is 3. The van der Waals surface area contributed by atoms with Crippen molar-refractivity contribution in [3.05, 3.63) is 52.2 Å². The Labute approximate surface area is 95.5 Å². The Hall–Kier alpha value is -1.75. The number of nitrogens with zero attached hydrogens (tertiary/aromatic N) is 1. The Morgan fingerprint density at radius 3 is 3.06 bits per heavy atom. The molecule has 2 heterocycles. The second-order valence-corrected chi connectivity index (χ2v) is 4.04. The van der Waals surface area contributed by atoms with Crippen molar-refractivity contribution in [2.45, 2.75) is 6.61 Å². The smallest absolute Gasteiger partial charge is 0.341 e. The molecule has 0 N–H and O–H groups in total. The Bertz CT molecular complexity index is 484. The van der Waals surface area contributed by atoms with Gasteiger partial charge in [-0.3, -0.25) is 4.98 Å². The predicted molar refractivity (Wildman–Crippen MR) is 57.6 cm³/mol. The molecule has 0 saturated heterocycles. The van der Waals surface area contributed by atoms with E-state index in [1.165, 1.54) is 23.6 Å². The lowest BCUT2D eigenvalue weighted by Gasteiger charge is -2.03. The van der Waals surface area contributed by atoms with Crippen molar-refractivity contribution in [1.82, 2.24) is 4.98 Å². The highest BCUT2D eigenvalue weighted by atomic mass is 32.1. The van der Waals surface area contributed by atoms with Gasteiger partial charge in [-0.2, -0.15) is 0 Å². The highest BCUT2D eigenvalue weighted by Gasteiger charge is 2.12. The van der Waals surface area contributed by atoms with Gasteiger partial charge in [0.15, 0.2) is 5.82 Å². The zero-order chi connectivity index (χ0) is 11.4.